The zero-order valence-corrected chi connectivity index (χ0v) is 14.2. The lowest BCUT2D eigenvalue weighted by molar-refractivity contribution is 0.873. The molecule has 0 atom stereocenters. The van der Waals surface area contributed by atoms with E-state index in [2.05, 4.69) is 28.2 Å². The van der Waals surface area contributed by atoms with E-state index in [0.29, 0.717) is 5.13 Å². The lowest BCUT2D eigenvalue weighted by Crippen LogP contribution is -2.05. The van der Waals surface area contributed by atoms with Crippen LogP contribution in [0.4, 0.5) is 5.13 Å². The second kappa shape index (κ2) is 5.53. The van der Waals surface area contributed by atoms with E-state index in [1.165, 1.54) is 5.56 Å². The van der Waals surface area contributed by atoms with Gasteiger partial charge in [-0.1, -0.05) is 29.5 Å². The molecule has 0 spiro atoms. The number of pyridine rings is 1. The van der Waals surface area contributed by atoms with Gasteiger partial charge in [0.1, 0.15) is 0 Å². The summed E-state index contributed by atoms with van der Waals surface area (Å²) in [5.74, 6) is 0. The molecule has 25 heavy (non-hydrogen) atoms. The van der Waals surface area contributed by atoms with Crippen LogP contribution in [0.1, 0.15) is 11.3 Å². The number of nitrogens with zero attached hydrogens (tertiary/aromatic N) is 4. The van der Waals surface area contributed by atoms with Gasteiger partial charge in [-0.3, -0.25) is 4.98 Å². The predicted molar refractivity (Wildman–Crippen MR) is 99.7 cm³/mol. The molecule has 0 bridgehead atoms. The van der Waals surface area contributed by atoms with Crippen LogP contribution in [0.15, 0.2) is 54.9 Å². The smallest absolute Gasteiger partial charge is 0.180 e. The summed E-state index contributed by atoms with van der Waals surface area (Å²) in [5, 5.41) is 5.57. The van der Waals surface area contributed by atoms with E-state index in [0.717, 1.165) is 46.1 Å². The van der Waals surface area contributed by atoms with E-state index in [4.69, 9.17) is 10.8 Å². The standard InChI is InChI=1S/C19H15N5S/c20-19-22-15-9-8-14-16(12-5-4-10-21-11-12)23-24(17(14)18(15)25-19)13-6-2-1-3-7-13/h1-7,10-11H,8-9H2,(H2,20,22). The fourth-order valence-corrected chi connectivity index (χ4v) is 4.32. The predicted octanol–water partition coefficient (Wildman–Crippen LogP) is 3.74. The summed E-state index contributed by atoms with van der Waals surface area (Å²) in [6, 6.07) is 14.2. The molecule has 0 saturated heterocycles. The Bertz CT molecular complexity index is 1050. The minimum atomic E-state index is 0.613. The van der Waals surface area contributed by atoms with Crippen molar-refractivity contribution in [2.24, 2.45) is 0 Å². The highest BCUT2D eigenvalue weighted by Gasteiger charge is 2.29. The molecule has 5 rings (SSSR count). The van der Waals surface area contributed by atoms with Crippen LogP contribution in [-0.4, -0.2) is 19.7 Å². The van der Waals surface area contributed by atoms with Crippen molar-refractivity contribution < 1.29 is 0 Å². The van der Waals surface area contributed by atoms with Crippen LogP contribution in [0.3, 0.4) is 0 Å². The molecule has 3 aromatic heterocycles. The Hall–Kier alpha value is -2.99. The summed E-state index contributed by atoms with van der Waals surface area (Å²) in [7, 11) is 0. The fourth-order valence-electron chi connectivity index (χ4n) is 3.38. The summed E-state index contributed by atoms with van der Waals surface area (Å²) < 4.78 is 2.02. The van der Waals surface area contributed by atoms with Crippen LogP contribution >= 0.6 is 11.3 Å². The number of nitrogens with two attached hydrogens (primary N) is 1. The number of para-hydroxylation sites is 1. The average Bonchev–Trinajstić information content (AvgIpc) is 3.23. The number of aryl methyl sites for hydroxylation is 1. The number of nitrogen functional groups attached to an aromatic ring is 1. The van der Waals surface area contributed by atoms with Crippen molar-refractivity contribution >= 4 is 16.5 Å². The third kappa shape index (κ3) is 2.26. The Kier molecular flexibility index (Phi) is 3.18. The molecule has 5 nitrogen and oxygen atoms in total. The maximum absolute atomic E-state index is 5.99. The van der Waals surface area contributed by atoms with Gasteiger partial charge in [0.05, 0.1) is 27.6 Å². The SMILES string of the molecule is Nc1nc2c(s1)-c1c(c(-c3cccnc3)nn1-c1ccccc1)CC2. The van der Waals surface area contributed by atoms with Crippen molar-refractivity contribution in [3.63, 3.8) is 0 Å². The number of hydrogen-bond donors (Lipinski definition) is 1. The third-order valence-electron chi connectivity index (χ3n) is 4.46. The first-order valence-corrected chi connectivity index (χ1v) is 8.96. The summed E-state index contributed by atoms with van der Waals surface area (Å²) >= 11 is 1.54. The molecule has 2 N–H and O–H groups in total. The number of fused-ring (bicyclic) bond motifs is 3. The molecule has 0 amide bonds. The zero-order valence-electron chi connectivity index (χ0n) is 13.4. The van der Waals surface area contributed by atoms with Gasteiger partial charge in [-0.15, -0.1) is 0 Å². The van der Waals surface area contributed by atoms with E-state index < -0.39 is 0 Å². The van der Waals surface area contributed by atoms with Gasteiger partial charge in [0.25, 0.3) is 0 Å². The van der Waals surface area contributed by atoms with Crippen molar-refractivity contribution in [2.75, 3.05) is 5.73 Å². The minimum absolute atomic E-state index is 0.613. The maximum Gasteiger partial charge on any atom is 0.180 e. The first kappa shape index (κ1) is 14.4. The highest BCUT2D eigenvalue weighted by Crippen LogP contribution is 2.43. The van der Waals surface area contributed by atoms with E-state index in [1.807, 2.05) is 35.1 Å². The lowest BCUT2D eigenvalue weighted by atomic mass is 9.95. The number of anilines is 1. The second-order valence-corrected chi connectivity index (χ2v) is 7.02. The normalized spacial score (nSPS) is 12.6. The number of thiazole rings is 1. The van der Waals surface area contributed by atoms with Crippen LogP contribution in [0.2, 0.25) is 0 Å². The van der Waals surface area contributed by atoms with E-state index in [1.54, 1.807) is 17.5 Å². The maximum atomic E-state index is 5.99. The Morgan fingerprint density at radius 3 is 2.72 bits per heavy atom. The number of aromatic nitrogens is 4. The Balaban J connectivity index is 1.82. The van der Waals surface area contributed by atoms with Crippen LogP contribution in [0.5, 0.6) is 0 Å². The van der Waals surface area contributed by atoms with Crippen LogP contribution in [0, 0.1) is 0 Å². The van der Waals surface area contributed by atoms with E-state index in [9.17, 15) is 0 Å². The average molecular weight is 345 g/mol. The van der Waals surface area contributed by atoms with Crippen molar-refractivity contribution in [3.05, 3.63) is 66.1 Å². The van der Waals surface area contributed by atoms with Gasteiger partial charge >= 0.3 is 0 Å². The zero-order chi connectivity index (χ0) is 16.8. The molecule has 0 saturated carbocycles. The summed E-state index contributed by atoms with van der Waals surface area (Å²) in [6.45, 7) is 0. The number of benzene rings is 1. The van der Waals surface area contributed by atoms with Gasteiger partial charge in [-0.05, 0) is 37.1 Å². The van der Waals surface area contributed by atoms with Gasteiger partial charge in [0, 0.05) is 23.5 Å². The number of hydrogen-bond acceptors (Lipinski definition) is 5. The molecule has 122 valence electrons. The van der Waals surface area contributed by atoms with Gasteiger partial charge in [0.15, 0.2) is 5.13 Å². The molecule has 6 heteroatoms. The molecule has 0 unspecified atom stereocenters. The molecular formula is C19H15N5S. The quantitative estimate of drug-likeness (QED) is 0.601. The van der Waals surface area contributed by atoms with Crippen LogP contribution < -0.4 is 5.73 Å². The van der Waals surface area contributed by atoms with Gasteiger partial charge < -0.3 is 5.73 Å². The van der Waals surface area contributed by atoms with Crippen molar-refractivity contribution in [2.45, 2.75) is 12.8 Å². The number of rotatable bonds is 2. The van der Waals surface area contributed by atoms with Crippen molar-refractivity contribution in [1.82, 2.24) is 19.7 Å². The molecule has 3 heterocycles. The third-order valence-corrected chi connectivity index (χ3v) is 5.39. The van der Waals surface area contributed by atoms with Crippen LogP contribution in [-0.2, 0) is 12.8 Å². The lowest BCUT2D eigenvalue weighted by Gasteiger charge is -2.14. The minimum Gasteiger partial charge on any atom is -0.375 e. The van der Waals surface area contributed by atoms with E-state index in [-0.39, 0.29) is 0 Å². The Morgan fingerprint density at radius 1 is 1.04 bits per heavy atom. The first-order valence-electron chi connectivity index (χ1n) is 8.14. The second-order valence-electron chi connectivity index (χ2n) is 5.99. The van der Waals surface area contributed by atoms with Crippen molar-refractivity contribution in [1.29, 1.82) is 0 Å². The first-order chi connectivity index (χ1) is 12.3. The summed E-state index contributed by atoms with van der Waals surface area (Å²) in [6.07, 6.45) is 5.45. The topological polar surface area (TPSA) is 69.6 Å². The van der Waals surface area contributed by atoms with Crippen LogP contribution in [0.25, 0.3) is 27.5 Å². The molecule has 0 aliphatic heterocycles. The van der Waals surface area contributed by atoms with Gasteiger partial charge in [-0.2, -0.15) is 5.10 Å². The molecule has 1 aliphatic rings. The monoisotopic (exact) mass is 345 g/mol. The summed E-state index contributed by atoms with van der Waals surface area (Å²) in [4.78, 5) is 9.90. The fraction of sp³-hybridized carbons (Fsp3) is 0.105. The molecule has 4 aromatic rings. The molecular weight excluding hydrogens is 330 g/mol. The molecule has 0 radical (unpaired) electrons. The largest absolute Gasteiger partial charge is 0.375 e. The Morgan fingerprint density at radius 2 is 1.92 bits per heavy atom. The van der Waals surface area contributed by atoms with Crippen molar-refractivity contribution in [3.8, 4) is 27.5 Å². The Labute approximate surface area is 148 Å². The van der Waals surface area contributed by atoms with Gasteiger partial charge in [0.2, 0.25) is 0 Å². The van der Waals surface area contributed by atoms with E-state index >= 15 is 0 Å². The molecule has 1 aromatic carbocycles. The van der Waals surface area contributed by atoms with Gasteiger partial charge in [-0.25, -0.2) is 9.67 Å². The highest BCUT2D eigenvalue weighted by atomic mass is 32.1. The highest BCUT2D eigenvalue weighted by molar-refractivity contribution is 7.18. The molecule has 1 aliphatic carbocycles. The summed E-state index contributed by atoms with van der Waals surface area (Å²) in [5.41, 5.74) is 12.5. The molecule has 0 fully saturated rings.